The molecule has 1 fully saturated rings. The molecule has 1 aromatic rings. The molecule has 1 saturated carbocycles. The van der Waals surface area contributed by atoms with E-state index >= 15 is 0 Å². The van der Waals surface area contributed by atoms with E-state index in [-0.39, 0.29) is 5.91 Å². The van der Waals surface area contributed by atoms with Crippen LogP contribution in [0, 0.1) is 0 Å². The van der Waals surface area contributed by atoms with Crippen LogP contribution in [0.15, 0.2) is 24.3 Å². The zero-order chi connectivity index (χ0) is 15.2. The second kappa shape index (κ2) is 7.52. The number of amides is 1. The molecule has 21 heavy (non-hydrogen) atoms. The summed E-state index contributed by atoms with van der Waals surface area (Å²) in [5.74, 6) is 0.0554. The van der Waals surface area contributed by atoms with Crippen LogP contribution in [0.5, 0.6) is 0 Å². The number of thiocarbonyl (C=S) groups is 1. The van der Waals surface area contributed by atoms with Gasteiger partial charge in [0.15, 0.2) is 0 Å². The molecular weight excluding hydrogens is 282 g/mol. The Morgan fingerprint density at radius 1 is 1.33 bits per heavy atom. The Labute approximate surface area is 131 Å². The topological polar surface area (TPSA) is 58.4 Å². The van der Waals surface area contributed by atoms with Gasteiger partial charge in [-0.3, -0.25) is 9.69 Å². The lowest BCUT2D eigenvalue weighted by Crippen LogP contribution is -2.30. The molecule has 0 unspecified atom stereocenters. The fourth-order valence-electron chi connectivity index (χ4n) is 2.39. The largest absolute Gasteiger partial charge is 0.389 e. The first-order valence-electron chi connectivity index (χ1n) is 7.54. The maximum absolute atomic E-state index is 12.0. The Morgan fingerprint density at radius 2 is 2.00 bits per heavy atom. The normalized spacial score (nSPS) is 14.2. The van der Waals surface area contributed by atoms with E-state index in [4.69, 9.17) is 18.0 Å². The third-order valence-electron chi connectivity index (χ3n) is 3.65. The summed E-state index contributed by atoms with van der Waals surface area (Å²) in [4.78, 5) is 14.8. The van der Waals surface area contributed by atoms with Crippen LogP contribution < -0.4 is 11.1 Å². The van der Waals surface area contributed by atoms with Crippen molar-refractivity contribution in [3.63, 3.8) is 0 Å². The molecule has 0 heterocycles. The number of rotatable bonds is 8. The predicted molar refractivity (Wildman–Crippen MR) is 90.5 cm³/mol. The standard InChI is InChI=1S/C16H23N3OS/c1-2-10-19(14-7-8-14)11-9-15(20)18-13-5-3-12(4-6-13)16(17)21/h3-6,14H,2,7-11H2,1H3,(H2,17,21)(H,18,20). The van der Waals surface area contributed by atoms with Crippen LogP contribution in [0.25, 0.3) is 0 Å². The van der Waals surface area contributed by atoms with E-state index in [0.717, 1.165) is 30.8 Å². The molecular formula is C16H23N3OS. The lowest BCUT2D eigenvalue weighted by atomic mass is 10.2. The first kappa shape index (κ1) is 15.9. The van der Waals surface area contributed by atoms with E-state index < -0.39 is 0 Å². The van der Waals surface area contributed by atoms with Gasteiger partial charge in [-0.05, 0) is 50.1 Å². The quantitative estimate of drug-likeness (QED) is 0.725. The minimum Gasteiger partial charge on any atom is -0.389 e. The van der Waals surface area contributed by atoms with E-state index in [1.807, 2.05) is 24.3 Å². The van der Waals surface area contributed by atoms with Gasteiger partial charge in [0.25, 0.3) is 0 Å². The van der Waals surface area contributed by atoms with Gasteiger partial charge in [0.2, 0.25) is 5.91 Å². The van der Waals surface area contributed by atoms with Crippen molar-refractivity contribution in [2.24, 2.45) is 5.73 Å². The smallest absolute Gasteiger partial charge is 0.225 e. The van der Waals surface area contributed by atoms with Gasteiger partial charge in [-0.1, -0.05) is 19.1 Å². The molecule has 5 heteroatoms. The number of nitrogens with one attached hydrogen (secondary N) is 1. The molecule has 2 rings (SSSR count). The van der Waals surface area contributed by atoms with Crippen LogP contribution in [0.2, 0.25) is 0 Å². The van der Waals surface area contributed by atoms with Gasteiger partial charge >= 0.3 is 0 Å². The van der Waals surface area contributed by atoms with Crippen molar-refractivity contribution >= 4 is 28.8 Å². The Kier molecular flexibility index (Phi) is 5.70. The summed E-state index contributed by atoms with van der Waals surface area (Å²) in [6.45, 7) is 4.11. The number of benzene rings is 1. The number of carbonyl (C=O) groups excluding carboxylic acids is 1. The minimum atomic E-state index is 0.0554. The number of carbonyl (C=O) groups is 1. The molecule has 1 aliphatic rings. The van der Waals surface area contributed by atoms with Gasteiger partial charge in [0, 0.05) is 30.3 Å². The number of hydrogen-bond donors (Lipinski definition) is 2. The van der Waals surface area contributed by atoms with E-state index in [1.54, 1.807) is 0 Å². The summed E-state index contributed by atoms with van der Waals surface area (Å²) in [6.07, 6.45) is 4.23. The molecule has 0 radical (unpaired) electrons. The zero-order valence-electron chi connectivity index (χ0n) is 12.5. The Morgan fingerprint density at radius 3 is 2.52 bits per heavy atom. The van der Waals surface area contributed by atoms with Gasteiger partial charge in [0.05, 0.1) is 0 Å². The molecule has 4 nitrogen and oxygen atoms in total. The molecule has 1 amide bonds. The van der Waals surface area contributed by atoms with Crippen LogP contribution >= 0.6 is 12.2 Å². The van der Waals surface area contributed by atoms with Crippen molar-refractivity contribution in [1.29, 1.82) is 0 Å². The molecule has 0 atom stereocenters. The van der Waals surface area contributed by atoms with Gasteiger partial charge in [-0.2, -0.15) is 0 Å². The molecule has 3 N–H and O–H groups in total. The Bertz CT molecular complexity index is 497. The van der Waals surface area contributed by atoms with E-state index in [9.17, 15) is 4.79 Å². The predicted octanol–water partition coefficient (Wildman–Crippen LogP) is 2.52. The van der Waals surface area contributed by atoms with E-state index in [2.05, 4.69) is 17.1 Å². The molecule has 1 aliphatic carbocycles. The summed E-state index contributed by atoms with van der Waals surface area (Å²) in [6, 6.07) is 8.02. The Hall–Kier alpha value is -1.46. The van der Waals surface area contributed by atoms with Crippen molar-refractivity contribution < 1.29 is 4.79 Å². The first-order chi connectivity index (χ1) is 10.1. The number of hydrogen-bond acceptors (Lipinski definition) is 3. The van der Waals surface area contributed by atoms with Crippen molar-refractivity contribution in [2.45, 2.75) is 38.6 Å². The molecule has 1 aromatic carbocycles. The number of anilines is 1. The molecule has 0 saturated heterocycles. The zero-order valence-corrected chi connectivity index (χ0v) is 13.3. The fourth-order valence-corrected chi connectivity index (χ4v) is 2.53. The van der Waals surface area contributed by atoms with Crippen LogP contribution in [-0.2, 0) is 4.79 Å². The lowest BCUT2D eigenvalue weighted by Gasteiger charge is -2.20. The highest BCUT2D eigenvalue weighted by molar-refractivity contribution is 7.80. The van der Waals surface area contributed by atoms with Gasteiger partial charge in [0.1, 0.15) is 4.99 Å². The molecule has 0 bridgehead atoms. The maximum atomic E-state index is 12.0. The SMILES string of the molecule is CCCN(CCC(=O)Nc1ccc(C(N)=S)cc1)C1CC1. The van der Waals surface area contributed by atoms with Gasteiger partial charge in [-0.25, -0.2) is 0 Å². The van der Waals surface area contributed by atoms with Crippen molar-refractivity contribution in [3.8, 4) is 0 Å². The number of nitrogens with two attached hydrogens (primary N) is 1. The minimum absolute atomic E-state index is 0.0554. The first-order valence-corrected chi connectivity index (χ1v) is 7.94. The highest BCUT2D eigenvalue weighted by Crippen LogP contribution is 2.26. The van der Waals surface area contributed by atoms with Crippen LogP contribution in [0.4, 0.5) is 5.69 Å². The van der Waals surface area contributed by atoms with Crippen molar-refractivity contribution in [3.05, 3.63) is 29.8 Å². The maximum Gasteiger partial charge on any atom is 0.225 e. The highest BCUT2D eigenvalue weighted by atomic mass is 32.1. The van der Waals surface area contributed by atoms with Gasteiger partial charge < -0.3 is 11.1 Å². The second-order valence-electron chi connectivity index (χ2n) is 5.51. The third kappa shape index (κ3) is 5.10. The molecule has 0 spiro atoms. The fraction of sp³-hybridized carbons (Fsp3) is 0.500. The monoisotopic (exact) mass is 305 g/mol. The van der Waals surface area contributed by atoms with E-state index in [1.165, 1.54) is 12.8 Å². The highest BCUT2D eigenvalue weighted by Gasteiger charge is 2.28. The summed E-state index contributed by atoms with van der Waals surface area (Å²) in [5, 5.41) is 2.92. The third-order valence-corrected chi connectivity index (χ3v) is 3.89. The van der Waals surface area contributed by atoms with Gasteiger partial charge in [-0.15, -0.1) is 0 Å². The molecule has 114 valence electrons. The van der Waals surface area contributed by atoms with Crippen LogP contribution in [-0.4, -0.2) is 34.9 Å². The summed E-state index contributed by atoms with van der Waals surface area (Å²) in [5.41, 5.74) is 7.14. The van der Waals surface area contributed by atoms with Crippen molar-refractivity contribution in [1.82, 2.24) is 4.90 Å². The van der Waals surface area contributed by atoms with Crippen molar-refractivity contribution in [2.75, 3.05) is 18.4 Å². The lowest BCUT2D eigenvalue weighted by molar-refractivity contribution is -0.116. The average Bonchev–Trinajstić information content (AvgIpc) is 3.28. The summed E-state index contributed by atoms with van der Waals surface area (Å²) in [7, 11) is 0. The summed E-state index contributed by atoms with van der Waals surface area (Å²) >= 11 is 4.90. The van der Waals surface area contributed by atoms with E-state index in [0.29, 0.717) is 17.5 Å². The second-order valence-corrected chi connectivity index (χ2v) is 5.95. The average molecular weight is 305 g/mol. The summed E-state index contributed by atoms with van der Waals surface area (Å²) < 4.78 is 0. The molecule has 0 aliphatic heterocycles. The number of nitrogens with zero attached hydrogens (tertiary/aromatic N) is 1. The Balaban J connectivity index is 1.79. The molecule has 0 aromatic heterocycles. The van der Waals surface area contributed by atoms with Crippen LogP contribution in [0.3, 0.4) is 0 Å². The van der Waals surface area contributed by atoms with Crippen LogP contribution in [0.1, 0.15) is 38.2 Å².